The molecule has 0 radical (unpaired) electrons. The second kappa shape index (κ2) is 8.84. The number of rotatable bonds is 4. The Labute approximate surface area is 208 Å². The van der Waals surface area contributed by atoms with Gasteiger partial charge in [-0.2, -0.15) is 13.2 Å². The Hall–Kier alpha value is -2.99. The molecule has 2 aliphatic rings. The highest BCUT2D eigenvalue weighted by Crippen LogP contribution is 2.56. The number of fused-ring (bicyclic) bond motifs is 1. The lowest BCUT2D eigenvalue weighted by molar-refractivity contribution is -0.137. The lowest BCUT2D eigenvalue weighted by atomic mass is 9.58. The van der Waals surface area contributed by atoms with E-state index in [1.165, 1.54) is 24.3 Å². The Balaban J connectivity index is 1.74. The minimum absolute atomic E-state index is 0.0358. The van der Waals surface area contributed by atoms with Crippen molar-refractivity contribution in [3.05, 3.63) is 93.8 Å². The Kier molecular flexibility index (Phi) is 6.06. The minimum Gasteiger partial charge on any atom is -0.440 e. The number of alkyl halides is 3. The third kappa shape index (κ3) is 4.26. The predicted octanol–water partition coefficient (Wildman–Crippen LogP) is 7.75. The number of halogens is 4. The molecule has 3 aromatic rings. The molecule has 0 unspecified atom stereocenters. The summed E-state index contributed by atoms with van der Waals surface area (Å²) in [7, 11) is 0. The second-order valence-electron chi connectivity index (χ2n) is 10.6. The fourth-order valence-corrected chi connectivity index (χ4v) is 5.96. The largest absolute Gasteiger partial charge is 0.440 e. The van der Waals surface area contributed by atoms with Crippen LogP contribution in [0.5, 0.6) is 0 Å². The van der Waals surface area contributed by atoms with E-state index in [1.54, 1.807) is 12.1 Å². The summed E-state index contributed by atoms with van der Waals surface area (Å²) in [4.78, 5) is 14.0. The van der Waals surface area contributed by atoms with Gasteiger partial charge in [-0.3, -0.25) is 4.79 Å². The van der Waals surface area contributed by atoms with Crippen molar-refractivity contribution in [2.24, 2.45) is 5.41 Å². The topological polar surface area (TPSA) is 40.0 Å². The maximum absolute atomic E-state index is 14.0. The van der Waals surface area contributed by atoms with Crippen LogP contribution >= 0.6 is 0 Å². The lowest BCUT2D eigenvalue weighted by Crippen LogP contribution is -2.37. The number of hydrogen-bond donors (Lipinski definition) is 0. The van der Waals surface area contributed by atoms with Gasteiger partial charge >= 0.3 is 6.18 Å². The van der Waals surface area contributed by atoms with Crippen LogP contribution in [-0.4, -0.2) is 10.9 Å². The molecule has 0 aromatic heterocycles. The van der Waals surface area contributed by atoms with Crippen LogP contribution in [0.2, 0.25) is 0 Å². The van der Waals surface area contributed by atoms with Crippen molar-refractivity contribution in [3.8, 4) is 11.1 Å². The highest BCUT2D eigenvalue weighted by Gasteiger charge is 2.46. The van der Waals surface area contributed by atoms with Gasteiger partial charge in [-0.05, 0) is 71.6 Å². The Morgan fingerprint density at radius 3 is 2.19 bits per heavy atom. The van der Waals surface area contributed by atoms with Crippen molar-refractivity contribution in [1.82, 2.24) is 0 Å². The fourth-order valence-electron chi connectivity index (χ4n) is 5.96. The van der Waals surface area contributed by atoms with Gasteiger partial charge in [0.15, 0.2) is 11.9 Å². The molecule has 2 nitrogen and oxygen atoms in total. The van der Waals surface area contributed by atoms with Gasteiger partial charge in [-0.25, -0.2) is 4.39 Å². The fraction of sp³-hybridized carbons (Fsp3) is 0.367. The SMILES string of the molecule is CC(C)c1cc2c(c(-c3ccc(F)cc3)c1C(=O)c1ccc(C(F)(F)F)cc1)[C@@H]([OH2+])CC1(CCC1)C2. The summed E-state index contributed by atoms with van der Waals surface area (Å²) in [6, 6.07) is 12.2. The average molecular weight is 498 g/mol. The van der Waals surface area contributed by atoms with Gasteiger partial charge in [0.05, 0.1) is 5.56 Å². The van der Waals surface area contributed by atoms with Crippen molar-refractivity contribution >= 4 is 5.78 Å². The Morgan fingerprint density at radius 1 is 1.03 bits per heavy atom. The highest BCUT2D eigenvalue weighted by molar-refractivity contribution is 6.14. The van der Waals surface area contributed by atoms with Gasteiger partial charge < -0.3 is 5.11 Å². The van der Waals surface area contributed by atoms with E-state index >= 15 is 0 Å². The molecule has 1 fully saturated rings. The van der Waals surface area contributed by atoms with Crippen molar-refractivity contribution < 1.29 is 27.5 Å². The van der Waals surface area contributed by atoms with Gasteiger partial charge in [0.2, 0.25) is 0 Å². The number of benzene rings is 3. The third-order valence-corrected chi connectivity index (χ3v) is 7.91. The summed E-state index contributed by atoms with van der Waals surface area (Å²) < 4.78 is 53.2. The molecule has 1 spiro atoms. The zero-order valence-electron chi connectivity index (χ0n) is 20.3. The number of ketones is 1. The van der Waals surface area contributed by atoms with E-state index in [4.69, 9.17) is 5.11 Å². The highest BCUT2D eigenvalue weighted by atomic mass is 19.4. The van der Waals surface area contributed by atoms with Crippen LogP contribution in [0, 0.1) is 11.2 Å². The van der Waals surface area contributed by atoms with Crippen molar-refractivity contribution in [2.75, 3.05) is 0 Å². The second-order valence-corrected chi connectivity index (χ2v) is 10.6. The smallest absolute Gasteiger partial charge is 0.416 e. The van der Waals surface area contributed by atoms with Crippen LogP contribution < -0.4 is 0 Å². The molecule has 36 heavy (non-hydrogen) atoms. The molecule has 0 aliphatic heterocycles. The molecular formula is C30H29F4O2+. The predicted molar refractivity (Wildman–Crippen MR) is 132 cm³/mol. The maximum atomic E-state index is 14.0. The summed E-state index contributed by atoms with van der Waals surface area (Å²) in [5, 5.41) is 9.09. The van der Waals surface area contributed by atoms with Crippen LogP contribution in [0.4, 0.5) is 17.6 Å². The number of hydrogen-bond acceptors (Lipinski definition) is 1. The zero-order chi connectivity index (χ0) is 25.8. The first-order chi connectivity index (χ1) is 17.0. The monoisotopic (exact) mass is 497 g/mol. The van der Waals surface area contributed by atoms with E-state index in [1.807, 2.05) is 19.9 Å². The summed E-state index contributed by atoms with van der Waals surface area (Å²) in [5.41, 5.74) is 3.80. The van der Waals surface area contributed by atoms with Crippen LogP contribution in [-0.2, 0) is 12.6 Å². The Bertz CT molecular complexity index is 1300. The number of carbonyl (C=O) groups is 1. The molecule has 0 amide bonds. The zero-order valence-corrected chi connectivity index (χ0v) is 20.3. The molecule has 2 aliphatic carbocycles. The van der Waals surface area contributed by atoms with Crippen LogP contribution in [0.1, 0.15) is 89.7 Å². The van der Waals surface area contributed by atoms with Crippen molar-refractivity contribution in [3.63, 3.8) is 0 Å². The molecule has 5 rings (SSSR count). The summed E-state index contributed by atoms with van der Waals surface area (Å²) in [5.74, 6) is -0.823. The van der Waals surface area contributed by atoms with Crippen molar-refractivity contribution in [1.29, 1.82) is 0 Å². The summed E-state index contributed by atoms with van der Waals surface area (Å²) >= 11 is 0. The normalized spacial score (nSPS) is 18.7. The molecule has 0 heterocycles. The first kappa shape index (κ1) is 24.7. The molecule has 2 N–H and O–H groups in total. The van der Waals surface area contributed by atoms with E-state index in [-0.39, 0.29) is 22.7 Å². The average Bonchev–Trinajstić information content (AvgIpc) is 2.81. The van der Waals surface area contributed by atoms with E-state index in [9.17, 15) is 22.4 Å². The van der Waals surface area contributed by atoms with E-state index < -0.39 is 23.7 Å². The number of carbonyl (C=O) groups excluding carboxylic acids is 1. The van der Waals surface area contributed by atoms with E-state index in [0.717, 1.165) is 54.5 Å². The van der Waals surface area contributed by atoms with E-state index in [2.05, 4.69) is 0 Å². The molecule has 3 aromatic carbocycles. The molecule has 1 saturated carbocycles. The maximum Gasteiger partial charge on any atom is 0.416 e. The van der Waals surface area contributed by atoms with Gasteiger partial charge in [-0.1, -0.05) is 50.6 Å². The molecule has 1 atom stereocenters. The van der Waals surface area contributed by atoms with Gasteiger partial charge in [0, 0.05) is 28.7 Å². The third-order valence-electron chi connectivity index (χ3n) is 7.91. The quantitative estimate of drug-likeness (QED) is 0.206. The molecule has 6 heteroatoms. The van der Waals surface area contributed by atoms with Gasteiger partial charge in [0.1, 0.15) is 5.82 Å². The first-order valence-electron chi connectivity index (χ1n) is 12.4. The molecule has 0 bridgehead atoms. The van der Waals surface area contributed by atoms with Crippen LogP contribution in [0.15, 0.2) is 54.6 Å². The standard InChI is InChI=1S/C30H28F4O2/c1-17(2)23-14-20-15-29(12-3-13-29)16-24(35)25(20)26(18-6-10-22(31)11-7-18)27(23)28(36)19-4-8-21(9-5-19)30(32,33)34/h4-11,14,17,24,35H,3,12-13,15-16H2,1-2H3/p+1/t24-/m0/s1. The molecule has 188 valence electrons. The lowest BCUT2D eigenvalue weighted by Gasteiger charge is -2.46. The van der Waals surface area contributed by atoms with Crippen molar-refractivity contribution in [2.45, 2.75) is 64.1 Å². The molecular weight excluding hydrogens is 468 g/mol. The van der Waals surface area contributed by atoms with E-state index in [0.29, 0.717) is 23.1 Å². The van der Waals surface area contributed by atoms with Gasteiger partial charge in [-0.15, -0.1) is 0 Å². The first-order valence-corrected chi connectivity index (χ1v) is 12.4. The summed E-state index contributed by atoms with van der Waals surface area (Å²) in [6.07, 6.45) is -0.119. The van der Waals surface area contributed by atoms with Crippen LogP contribution in [0.3, 0.4) is 0 Å². The molecule has 0 saturated heterocycles. The Morgan fingerprint density at radius 2 is 1.67 bits per heavy atom. The van der Waals surface area contributed by atoms with Crippen LogP contribution in [0.25, 0.3) is 11.1 Å². The summed E-state index contributed by atoms with van der Waals surface area (Å²) in [6.45, 7) is 3.97. The minimum atomic E-state index is -4.49. The van der Waals surface area contributed by atoms with Gasteiger partial charge in [0.25, 0.3) is 0 Å².